The molecule has 0 rings (SSSR count). The summed E-state index contributed by atoms with van der Waals surface area (Å²) in [6, 6.07) is 0. The van der Waals surface area contributed by atoms with Crippen molar-refractivity contribution in [2.24, 2.45) is 11.8 Å². The molecule has 7 nitrogen and oxygen atoms in total. The third-order valence-corrected chi connectivity index (χ3v) is 5.39. The zero-order valence-electron chi connectivity index (χ0n) is 17.1. The Morgan fingerprint density at radius 2 is 1.22 bits per heavy atom. The number of ether oxygens (including phenoxy) is 1. The molecule has 0 amide bonds. The van der Waals surface area contributed by atoms with Crippen LogP contribution in [0, 0.1) is 11.8 Å². The molecule has 164 valence electrons. The van der Waals surface area contributed by atoms with Crippen molar-refractivity contribution in [3.8, 4) is 0 Å². The van der Waals surface area contributed by atoms with E-state index in [4.69, 9.17) is 9.84 Å². The molecule has 0 fully saturated rings. The van der Waals surface area contributed by atoms with Crippen molar-refractivity contribution < 1.29 is 35.4 Å². The Morgan fingerprint density at radius 3 is 1.56 bits per heavy atom. The van der Waals surface area contributed by atoms with Gasteiger partial charge >= 0.3 is 0 Å². The third-order valence-electron chi connectivity index (χ3n) is 5.39. The SMILES string of the molecule is CCCCCC(C(O)CO)C(O)(COCCO)C(CCCCC)C(O)CO. The van der Waals surface area contributed by atoms with Gasteiger partial charge in [-0.3, -0.25) is 0 Å². The van der Waals surface area contributed by atoms with E-state index in [1.165, 1.54) is 0 Å². The van der Waals surface area contributed by atoms with Crippen LogP contribution in [0.5, 0.6) is 0 Å². The largest absolute Gasteiger partial charge is 0.394 e. The summed E-state index contributed by atoms with van der Waals surface area (Å²) in [6.45, 7) is 2.73. The summed E-state index contributed by atoms with van der Waals surface area (Å²) in [4.78, 5) is 0. The summed E-state index contributed by atoms with van der Waals surface area (Å²) < 4.78 is 5.43. The number of hydrogen-bond acceptors (Lipinski definition) is 7. The van der Waals surface area contributed by atoms with Gasteiger partial charge in [0.2, 0.25) is 0 Å². The van der Waals surface area contributed by atoms with Crippen LogP contribution in [0.15, 0.2) is 0 Å². The maximum Gasteiger partial charge on any atom is 0.0986 e. The molecule has 0 aromatic heterocycles. The fraction of sp³-hybridized carbons (Fsp3) is 1.00. The van der Waals surface area contributed by atoms with Gasteiger partial charge in [0.1, 0.15) is 0 Å². The molecular formula is C20H42O7. The lowest BCUT2D eigenvalue weighted by atomic mass is 9.69. The Labute approximate surface area is 164 Å². The number of unbranched alkanes of at least 4 members (excludes halogenated alkanes) is 4. The number of rotatable bonds is 18. The molecular weight excluding hydrogens is 352 g/mol. The van der Waals surface area contributed by atoms with Crippen LogP contribution in [-0.2, 0) is 4.74 Å². The standard InChI is InChI=1S/C20H42O7/c1-3-5-7-9-16(18(24)13-22)20(26,15-27-12-11-21)17(19(25)14-23)10-8-6-4-2/h16-19,21-26H,3-15H2,1-2H3. The van der Waals surface area contributed by atoms with E-state index in [0.29, 0.717) is 12.8 Å². The maximum atomic E-state index is 11.6. The first-order valence-electron chi connectivity index (χ1n) is 10.4. The summed E-state index contributed by atoms with van der Waals surface area (Å²) in [7, 11) is 0. The van der Waals surface area contributed by atoms with E-state index in [9.17, 15) is 25.5 Å². The Morgan fingerprint density at radius 1 is 0.778 bits per heavy atom. The molecule has 0 aliphatic carbocycles. The van der Waals surface area contributed by atoms with Crippen LogP contribution in [0.1, 0.15) is 65.2 Å². The smallest absolute Gasteiger partial charge is 0.0986 e. The van der Waals surface area contributed by atoms with Crippen LogP contribution < -0.4 is 0 Å². The first kappa shape index (κ1) is 26.7. The molecule has 0 radical (unpaired) electrons. The quantitative estimate of drug-likeness (QED) is 0.190. The lowest BCUT2D eigenvalue weighted by Crippen LogP contribution is -2.57. The second-order valence-electron chi connectivity index (χ2n) is 7.47. The average Bonchev–Trinajstić information content (AvgIpc) is 2.67. The Hall–Kier alpha value is -0.280. The molecule has 0 saturated carbocycles. The van der Waals surface area contributed by atoms with Gasteiger partial charge in [0.25, 0.3) is 0 Å². The highest BCUT2D eigenvalue weighted by atomic mass is 16.5. The average molecular weight is 395 g/mol. The highest BCUT2D eigenvalue weighted by molar-refractivity contribution is 4.98. The Kier molecular flexibility index (Phi) is 15.5. The predicted octanol–water partition coefficient (Wildman–Crippen LogP) is 0.826. The molecule has 0 aromatic carbocycles. The van der Waals surface area contributed by atoms with Gasteiger partial charge in [-0.1, -0.05) is 52.4 Å². The molecule has 4 unspecified atom stereocenters. The number of hydrogen-bond donors (Lipinski definition) is 6. The molecule has 0 heterocycles. The first-order valence-corrected chi connectivity index (χ1v) is 10.4. The van der Waals surface area contributed by atoms with Crippen LogP contribution in [-0.4, -0.2) is 81.5 Å². The van der Waals surface area contributed by atoms with Gasteiger partial charge < -0.3 is 35.4 Å². The van der Waals surface area contributed by atoms with Crippen molar-refractivity contribution in [1.82, 2.24) is 0 Å². The second kappa shape index (κ2) is 15.6. The topological polar surface area (TPSA) is 131 Å². The Balaban J connectivity index is 5.70. The summed E-state index contributed by atoms with van der Waals surface area (Å²) in [5, 5.41) is 60.5. The van der Waals surface area contributed by atoms with Crippen molar-refractivity contribution in [2.75, 3.05) is 33.0 Å². The minimum Gasteiger partial charge on any atom is -0.394 e. The van der Waals surface area contributed by atoms with Crippen molar-refractivity contribution in [1.29, 1.82) is 0 Å². The monoisotopic (exact) mass is 394 g/mol. The fourth-order valence-electron chi connectivity index (χ4n) is 3.82. The van der Waals surface area contributed by atoms with E-state index < -0.39 is 42.9 Å². The van der Waals surface area contributed by atoms with E-state index in [1.807, 2.05) is 0 Å². The summed E-state index contributed by atoms with van der Waals surface area (Å²) >= 11 is 0. The summed E-state index contributed by atoms with van der Waals surface area (Å²) in [6.07, 6.45) is 3.92. The van der Waals surface area contributed by atoms with E-state index in [2.05, 4.69) is 13.8 Å². The molecule has 0 bridgehead atoms. The van der Waals surface area contributed by atoms with Gasteiger partial charge in [0.05, 0.1) is 50.8 Å². The fourth-order valence-corrected chi connectivity index (χ4v) is 3.82. The van der Waals surface area contributed by atoms with Crippen molar-refractivity contribution in [3.63, 3.8) is 0 Å². The van der Waals surface area contributed by atoms with Crippen LogP contribution in [0.2, 0.25) is 0 Å². The minimum absolute atomic E-state index is 0.0239. The molecule has 0 spiro atoms. The number of aliphatic hydroxyl groups is 6. The molecule has 4 atom stereocenters. The lowest BCUT2D eigenvalue weighted by molar-refractivity contribution is -0.185. The third kappa shape index (κ3) is 9.17. The Bertz CT molecular complexity index is 316. The van der Waals surface area contributed by atoms with Gasteiger partial charge in [0, 0.05) is 11.8 Å². The van der Waals surface area contributed by atoms with E-state index >= 15 is 0 Å². The van der Waals surface area contributed by atoms with Crippen molar-refractivity contribution >= 4 is 0 Å². The van der Waals surface area contributed by atoms with E-state index in [1.54, 1.807) is 0 Å². The normalized spacial score (nSPS) is 18.7. The van der Waals surface area contributed by atoms with E-state index in [0.717, 1.165) is 38.5 Å². The number of aliphatic hydroxyl groups excluding tert-OH is 5. The van der Waals surface area contributed by atoms with Crippen LogP contribution >= 0.6 is 0 Å². The van der Waals surface area contributed by atoms with Crippen molar-refractivity contribution in [2.45, 2.75) is 83.0 Å². The van der Waals surface area contributed by atoms with Gasteiger partial charge in [-0.05, 0) is 12.8 Å². The summed E-state index contributed by atoms with van der Waals surface area (Å²) in [5.74, 6) is -1.42. The van der Waals surface area contributed by atoms with Gasteiger partial charge in [-0.25, -0.2) is 0 Å². The van der Waals surface area contributed by atoms with Gasteiger partial charge in [0.15, 0.2) is 0 Å². The molecule has 0 aliphatic rings. The van der Waals surface area contributed by atoms with Crippen molar-refractivity contribution in [3.05, 3.63) is 0 Å². The second-order valence-corrected chi connectivity index (χ2v) is 7.47. The minimum atomic E-state index is -1.62. The molecule has 0 saturated heterocycles. The van der Waals surface area contributed by atoms with Gasteiger partial charge in [-0.15, -0.1) is 0 Å². The maximum absolute atomic E-state index is 11.6. The summed E-state index contributed by atoms with van der Waals surface area (Å²) in [5.41, 5.74) is -1.62. The molecule has 0 aliphatic heterocycles. The van der Waals surface area contributed by atoms with E-state index in [-0.39, 0.29) is 19.8 Å². The van der Waals surface area contributed by atoms with Crippen LogP contribution in [0.4, 0.5) is 0 Å². The zero-order chi connectivity index (χ0) is 20.7. The highest BCUT2D eigenvalue weighted by Crippen LogP contribution is 2.38. The zero-order valence-corrected chi connectivity index (χ0v) is 17.1. The highest BCUT2D eigenvalue weighted by Gasteiger charge is 2.48. The van der Waals surface area contributed by atoms with Crippen LogP contribution in [0.25, 0.3) is 0 Å². The van der Waals surface area contributed by atoms with Gasteiger partial charge in [-0.2, -0.15) is 0 Å². The first-order chi connectivity index (χ1) is 12.9. The molecule has 0 aromatic rings. The molecule has 6 N–H and O–H groups in total. The molecule has 27 heavy (non-hydrogen) atoms. The lowest BCUT2D eigenvalue weighted by Gasteiger charge is -2.45. The predicted molar refractivity (Wildman–Crippen MR) is 104 cm³/mol. The molecule has 7 heteroatoms. The van der Waals surface area contributed by atoms with Crippen LogP contribution in [0.3, 0.4) is 0 Å².